The molecule has 136 valence electrons. The number of ether oxygens (including phenoxy) is 2. The lowest BCUT2D eigenvalue weighted by atomic mass is 10.2. The van der Waals surface area contributed by atoms with E-state index in [2.05, 4.69) is 15.6 Å². The lowest BCUT2D eigenvalue weighted by molar-refractivity contribution is 0.102. The summed E-state index contributed by atoms with van der Waals surface area (Å²) < 4.78 is 23.6. The van der Waals surface area contributed by atoms with Gasteiger partial charge in [0.1, 0.15) is 11.5 Å². The van der Waals surface area contributed by atoms with E-state index in [4.69, 9.17) is 9.47 Å². The lowest BCUT2D eigenvalue weighted by Gasteiger charge is -2.08. The Bertz CT molecular complexity index is 959. The summed E-state index contributed by atoms with van der Waals surface area (Å²) in [6.07, 6.45) is 1.59. The van der Waals surface area contributed by atoms with Crippen LogP contribution in [0, 0.1) is 5.82 Å². The molecule has 0 saturated heterocycles. The Hall–Kier alpha value is -3.61. The van der Waals surface area contributed by atoms with Gasteiger partial charge in [0.15, 0.2) is 11.5 Å². The summed E-state index contributed by atoms with van der Waals surface area (Å²) in [5.41, 5.74) is 2.60. The number of aromatic nitrogens is 1. The van der Waals surface area contributed by atoms with Gasteiger partial charge in [0.2, 0.25) is 6.79 Å². The third kappa shape index (κ3) is 3.98. The molecule has 2 N–H and O–H groups in total. The average molecular weight is 365 g/mol. The molecule has 27 heavy (non-hydrogen) atoms. The van der Waals surface area contributed by atoms with Gasteiger partial charge in [-0.05, 0) is 54.1 Å². The first kappa shape index (κ1) is 16.8. The molecule has 0 saturated carbocycles. The van der Waals surface area contributed by atoms with Crippen LogP contribution in [0.1, 0.15) is 16.1 Å². The van der Waals surface area contributed by atoms with Crippen LogP contribution in [-0.2, 0) is 6.54 Å². The maximum absolute atomic E-state index is 12.9. The van der Waals surface area contributed by atoms with Crippen molar-refractivity contribution in [3.63, 3.8) is 0 Å². The smallest absolute Gasteiger partial charge is 0.274 e. The molecule has 1 aliphatic heterocycles. The van der Waals surface area contributed by atoms with Crippen molar-refractivity contribution >= 4 is 17.3 Å². The summed E-state index contributed by atoms with van der Waals surface area (Å²) >= 11 is 0. The summed E-state index contributed by atoms with van der Waals surface area (Å²) in [5.74, 6) is 0.769. The number of anilines is 2. The van der Waals surface area contributed by atoms with Crippen LogP contribution in [0.4, 0.5) is 15.8 Å². The first-order valence-electron chi connectivity index (χ1n) is 8.33. The van der Waals surface area contributed by atoms with E-state index >= 15 is 0 Å². The van der Waals surface area contributed by atoms with Crippen LogP contribution in [0.3, 0.4) is 0 Å². The van der Waals surface area contributed by atoms with Gasteiger partial charge < -0.3 is 20.1 Å². The summed E-state index contributed by atoms with van der Waals surface area (Å²) in [6, 6.07) is 14.7. The number of rotatable bonds is 5. The third-order valence-corrected chi connectivity index (χ3v) is 4.03. The largest absolute Gasteiger partial charge is 0.454 e. The summed E-state index contributed by atoms with van der Waals surface area (Å²) in [6.45, 7) is 0.830. The number of amides is 1. The predicted octanol–water partition coefficient (Wildman–Crippen LogP) is 3.81. The number of hydrogen-bond acceptors (Lipinski definition) is 5. The van der Waals surface area contributed by atoms with Crippen molar-refractivity contribution in [2.45, 2.75) is 6.54 Å². The highest BCUT2D eigenvalue weighted by molar-refractivity contribution is 6.02. The van der Waals surface area contributed by atoms with Gasteiger partial charge in [0, 0.05) is 12.2 Å². The van der Waals surface area contributed by atoms with E-state index in [-0.39, 0.29) is 24.2 Å². The van der Waals surface area contributed by atoms with Crippen LogP contribution < -0.4 is 20.1 Å². The van der Waals surface area contributed by atoms with Crippen LogP contribution in [0.2, 0.25) is 0 Å². The molecule has 2 aromatic carbocycles. The molecule has 0 radical (unpaired) electrons. The van der Waals surface area contributed by atoms with E-state index in [9.17, 15) is 9.18 Å². The van der Waals surface area contributed by atoms with Crippen LogP contribution in [0.15, 0.2) is 60.8 Å². The van der Waals surface area contributed by atoms with E-state index in [0.29, 0.717) is 12.2 Å². The molecule has 3 aromatic rings. The molecule has 4 rings (SSSR count). The minimum absolute atomic E-state index is 0.248. The Morgan fingerprint density at radius 2 is 1.78 bits per heavy atom. The van der Waals surface area contributed by atoms with Crippen LogP contribution >= 0.6 is 0 Å². The molecule has 0 unspecified atom stereocenters. The fourth-order valence-corrected chi connectivity index (χ4v) is 2.62. The van der Waals surface area contributed by atoms with E-state index in [0.717, 1.165) is 22.7 Å². The SMILES string of the molecule is O=C(Nc1ccc(F)cc1)c1ccc(NCc2ccc3c(c2)OCO3)cn1. The van der Waals surface area contributed by atoms with Crippen molar-refractivity contribution in [1.29, 1.82) is 0 Å². The number of carbonyl (C=O) groups is 1. The van der Waals surface area contributed by atoms with Crippen LogP contribution in [0.25, 0.3) is 0 Å². The number of hydrogen-bond donors (Lipinski definition) is 2. The number of nitrogens with one attached hydrogen (secondary N) is 2. The highest BCUT2D eigenvalue weighted by Crippen LogP contribution is 2.32. The molecular formula is C20H16FN3O3. The van der Waals surface area contributed by atoms with E-state index in [1.165, 1.54) is 24.3 Å². The Balaban J connectivity index is 1.35. The molecule has 0 atom stereocenters. The van der Waals surface area contributed by atoms with Gasteiger partial charge in [-0.3, -0.25) is 4.79 Å². The number of pyridine rings is 1. The molecule has 1 amide bonds. The molecule has 0 aliphatic carbocycles. The maximum atomic E-state index is 12.9. The standard InChI is InChI=1S/C20H16FN3O3/c21-14-2-4-15(5-3-14)24-20(25)17-7-6-16(11-23-17)22-10-13-1-8-18-19(9-13)27-12-26-18/h1-9,11,22H,10,12H2,(H,24,25). The average Bonchev–Trinajstić information content (AvgIpc) is 3.16. The van der Waals surface area contributed by atoms with E-state index in [1.807, 2.05) is 18.2 Å². The van der Waals surface area contributed by atoms with Crippen molar-refractivity contribution in [2.24, 2.45) is 0 Å². The number of halogens is 1. The fourth-order valence-electron chi connectivity index (χ4n) is 2.62. The van der Waals surface area contributed by atoms with E-state index < -0.39 is 0 Å². The molecule has 0 fully saturated rings. The van der Waals surface area contributed by atoms with Gasteiger partial charge in [0.05, 0.1) is 11.9 Å². The molecule has 1 aromatic heterocycles. The summed E-state index contributed by atoms with van der Waals surface area (Å²) in [4.78, 5) is 16.4. The van der Waals surface area contributed by atoms with Crippen molar-refractivity contribution < 1.29 is 18.7 Å². The van der Waals surface area contributed by atoms with E-state index in [1.54, 1.807) is 18.3 Å². The van der Waals surface area contributed by atoms with Gasteiger partial charge in [-0.25, -0.2) is 9.37 Å². The number of fused-ring (bicyclic) bond motifs is 1. The maximum Gasteiger partial charge on any atom is 0.274 e. The Kier molecular flexibility index (Phi) is 4.57. The molecule has 1 aliphatic rings. The zero-order valence-corrected chi connectivity index (χ0v) is 14.2. The molecule has 0 bridgehead atoms. The molecular weight excluding hydrogens is 349 g/mol. The van der Waals surface area contributed by atoms with Gasteiger partial charge in [-0.15, -0.1) is 0 Å². The second-order valence-electron chi connectivity index (χ2n) is 5.93. The van der Waals surface area contributed by atoms with Gasteiger partial charge in [-0.1, -0.05) is 6.07 Å². The normalized spacial score (nSPS) is 11.9. The second-order valence-corrected chi connectivity index (χ2v) is 5.93. The lowest BCUT2D eigenvalue weighted by Crippen LogP contribution is -2.13. The Morgan fingerprint density at radius 3 is 2.56 bits per heavy atom. The van der Waals surface area contributed by atoms with Crippen molar-refractivity contribution in [3.8, 4) is 11.5 Å². The highest BCUT2D eigenvalue weighted by atomic mass is 19.1. The van der Waals surface area contributed by atoms with Crippen LogP contribution in [0.5, 0.6) is 11.5 Å². The van der Waals surface area contributed by atoms with Crippen LogP contribution in [-0.4, -0.2) is 17.7 Å². The molecule has 7 heteroatoms. The number of benzene rings is 2. The first-order chi connectivity index (χ1) is 13.2. The zero-order chi connectivity index (χ0) is 18.6. The van der Waals surface area contributed by atoms with Crippen molar-refractivity contribution in [3.05, 3.63) is 77.9 Å². The number of nitrogens with zero attached hydrogens (tertiary/aromatic N) is 1. The highest BCUT2D eigenvalue weighted by Gasteiger charge is 2.13. The van der Waals surface area contributed by atoms with Gasteiger partial charge in [0.25, 0.3) is 5.91 Å². The third-order valence-electron chi connectivity index (χ3n) is 4.03. The zero-order valence-electron chi connectivity index (χ0n) is 14.2. The first-order valence-corrected chi connectivity index (χ1v) is 8.33. The molecule has 2 heterocycles. The summed E-state index contributed by atoms with van der Waals surface area (Å²) in [7, 11) is 0. The van der Waals surface area contributed by atoms with Crippen molar-refractivity contribution in [2.75, 3.05) is 17.4 Å². The molecule has 6 nitrogen and oxygen atoms in total. The molecule has 0 spiro atoms. The quantitative estimate of drug-likeness (QED) is 0.719. The van der Waals surface area contributed by atoms with Gasteiger partial charge in [-0.2, -0.15) is 0 Å². The predicted molar refractivity (Wildman–Crippen MR) is 98.5 cm³/mol. The monoisotopic (exact) mass is 365 g/mol. The summed E-state index contributed by atoms with van der Waals surface area (Å²) in [5, 5.41) is 5.91. The van der Waals surface area contributed by atoms with Gasteiger partial charge >= 0.3 is 0 Å². The minimum Gasteiger partial charge on any atom is -0.454 e. The Morgan fingerprint density at radius 1 is 1.00 bits per heavy atom. The second kappa shape index (κ2) is 7.33. The number of carbonyl (C=O) groups excluding carboxylic acids is 1. The topological polar surface area (TPSA) is 72.5 Å². The Labute approximate surface area is 155 Å². The minimum atomic E-state index is -0.357. The van der Waals surface area contributed by atoms with Crippen molar-refractivity contribution in [1.82, 2.24) is 4.98 Å². The fraction of sp³-hybridized carbons (Fsp3) is 0.100.